The number of nitrogens with zero attached hydrogens (tertiary/aromatic N) is 6. The second kappa shape index (κ2) is 11.0. The van der Waals surface area contributed by atoms with Crippen LogP contribution in [-0.2, 0) is 30.9 Å². The minimum atomic E-state index is -4.60. The second-order valence-corrected chi connectivity index (χ2v) is 10.6. The highest BCUT2D eigenvalue weighted by atomic mass is 35.5. The number of halogens is 4. The van der Waals surface area contributed by atoms with Gasteiger partial charge in [0.05, 0.1) is 48.3 Å². The Morgan fingerprint density at radius 3 is 2.67 bits per heavy atom. The summed E-state index contributed by atoms with van der Waals surface area (Å²) < 4.78 is 52.6. The van der Waals surface area contributed by atoms with Gasteiger partial charge in [0.1, 0.15) is 5.82 Å². The number of hydrogen-bond acceptors (Lipinski definition) is 8. The monoisotopic (exact) mass is 581 g/mol. The molecule has 2 aromatic rings. The summed E-state index contributed by atoms with van der Waals surface area (Å²) in [7, 11) is 3.31. The fourth-order valence-corrected chi connectivity index (χ4v) is 5.56. The Morgan fingerprint density at radius 1 is 1.25 bits per heavy atom. The van der Waals surface area contributed by atoms with Crippen LogP contribution >= 0.6 is 11.6 Å². The van der Waals surface area contributed by atoms with Crippen molar-refractivity contribution in [3.05, 3.63) is 52.0 Å². The van der Waals surface area contributed by atoms with Crippen molar-refractivity contribution in [1.29, 1.82) is 0 Å². The molecular formula is C26H31ClF3N7O3. The fraction of sp³-hybridized carbons (Fsp3) is 0.538. The highest BCUT2D eigenvalue weighted by Gasteiger charge is 2.39. The van der Waals surface area contributed by atoms with Gasteiger partial charge in [-0.2, -0.15) is 28.2 Å². The van der Waals surface area contributed by atoms with Gasteiger partial charge in [-0.3, -0.25) is 9.48 Å². The molecule has 1 fully saturated rings. The number of anilines is 1. The van der Waals surface area contributed by atoms with Crippen LogP contribution in [0.2, 0.25) is 5.02 Å². The van der Waals surface area contributed by atoms with Gasteiger partial charge >= 0.3 is 12.2 Å². The van der Waals surface area contributed by atoms with Gasteiger partial charge in [0.25, 0.3) is 5.91 Å². The van der Waals surface area contributed by atoms with Crippen LogP contribution in [0.15, 0.2) is 24.3 Å². The Balaban J connectivity index is 1.40. The maximum Gasteiger partial charge on any atom is 0.416 e. The number of carbonyl (C=O) groups excluding carboxylic acids is 1. The van der Waals surface area contributed by atoms with E-state index in [4.69, 9.17) is 21.1 Å². The molecule has 0 aromatic carbocycles. The van der Waals surface area contributed by atoms with E-state index in [0.29, 0.717) is 72.9 Å². The van der Waals surface area contributed by atoms with Crippen LogP contribution in [0, 0.1) is 5.92 Å². The molecule has 5 heterocycles. The average Bonchev–Trinajstić information content (AvgIpc) is 3.07. The number of rotatable bonds is 7. The largest absolute Gasteiger partial charge is 0.467 e. The molecule has 10 nitrogen and oxygen atoms in total. The molecule has 0 radical (unpaired) electrons. The number of nitrogens with one attached hydrogen (secondary N) is 1. The summed E-state index contributed by atoms with van der Waals surface area (Å²) in [5, 5.41) is 7.99. The average molecular weight is 582 g/mol. The molecule has 3 aliphatic heterocycles. The Morgan fingerprint density at radius 2 is 2.00 bits per heavy atom. The molecule has 1 saturated heterocycles. The molecule has 1 unspecified atom stereocenters. The lowest BCUT2D eigenvalue weighted by Gasteiger charge is -2.38. The molecule has 5 rings (SSSR count). The first kappa shape index (κ1) is 28.4. The number of amides is 1. The Labute approximate surface area is 234 Å². The van der Waals surface area contributed by atoms with E-state index in [1.54, 1.807) is 9.58 Å². The zero-order chi connectivity index (χ0) is 28.8. The maximum atomic E-state index is 13.2. The van der Waals surface area contributed by atoms with Crippen LogP contribution in [0.5, 0.6) is 6.01 Å². The van der Waals surface area contributed by atoms with E-state index in [-0.39, 0.29) is 36.2 Å². The SMILES string of the molecule is C=C(C(=C)C(F)(F)F)C1Cc2nc(OC)nc(N3CCCn4nc(C(=O)N5CC(CNC)C5)c(Cl)c4C3)c2CO1. The number of hydrogen-bond donors (Lipinski definition) is 1. The molecule has 216 valence electrons. The van der Waals surface area contributed by atoms with Crippen molar-refractivity contribution in [3.8, 4) is 6.01 Å². The smallest absolute Gasteiger partial charge is 0.416 e. The van der Waals surface area contributed by atoms with Crippen LogP contribution in [-0.4, -0.2) is 83.2 Å². The number of ether oxygens (including phenoxy) is 2. The third-order valence-electron chi connectivity index (χ3n) is 7.53. The summed E-state index contributed by atoms with van der Waals surface area (Å²) in [5.41, 5.74) is 0.823. The Hall–Kier alpha value is -3.16. The standard InChI is InChI=1S/C26H31ClF3N7O3/c1-14(15(2)26(28,29)30)20-8-18-17(13-40-20)23(33-25(32-18)39-4)35-6-5-7-37-19(12-35)21(27)22(34-37)24(38)36-10-16(11-36)9-31-3/h16,20,31H,1-2,5-13H2,3-4H3. The molecule has 0 spiro atoms. The number of aryl methyl sites for hydroxylation is 1. The molecule has 1 N–H and O–H groups in total. The third kappa shape index (κ3) is 5.29. The van der Waals surface area contributed by atoms with Gasteiger partial charge in [0, 0.05) is 50.6 Å². The topological polar surface area (TPSA) is 97.6 Å². The number of fused-ring (bicyclic) bond motifs is 2. The normalized spacial score (nSPS) is 19.4. The quantitative estimate of drug-likeness (QED) is 0.498. The predicted octanol–water partition coefficient (Wildman–Crippen LogP) is 3.15. The molecule has 3 aliphatic rings. The lowest BCUT2D eigenvalue weighted by atomic mass is 9.95. The van der Waals surface area contributed by atoms with E-state index in [9.17, 15) is 18.0 Å². The van der Waals surface area contributed by atoms with Crippen molar-refractivity contribution in [3.63, 3.8) is 0 Å². The highest BCUT2D eigenvalue weighted by molar-refractivity contribution is 6.34. The van der Waals surface area contributed by atoms with Crippen molar-refractivity contribution in [2.45, 2.75) is 44.8 Å². The molecule has 0 saturated carbocycles. The molecule has 2 aromatic heterocycles. The number of alkyl halides is 3. The molecule has 0 aliphatic carbocycles. The summed E-state index contributed by atoms with van der Waals surface area (Å²) in [5.74, 6) is 0.760. The van der Waals surface area contributed by atoms with Crippen molar-refractivity contribution < 1.29 is 27.4 Å². The molecule has 0 bridgehead atoms. The van der Waals surface area contributed by atoms with Gasteiger partial charge in [-0.15, -0.1) is 0 Å². The molecule has 1 amide bonds. The first-order chi connectivity index (χ1) is 19.0. The van der Waals surface area contributed by atoms with Crippen molar-refractivity contribution in [2.24, 2.45) is 5.92 Å². The number of aromatic nitrogens is 4. The zero-order valence-electron chi connectivity index (χ0n) is 22.4. The van der Waals surface area contributed by atoms with Crippen LogP contribution in [0.25, 0.3) is 0 Å². The van der Waals surface area contributed by atoms with E-state index in [0.717, 1.165) is 6.54 Å². The van der Waals surface area contributed by atoms with Gasteiger partial charge in [-0.05, 0) is 19.0 Å². The van der Waals surface area contributed by atoms with Crippen molar-refractivity contribution >= 4 is 23.3 Å². The third-order valence-corrected chi connectivity index (χ3v) is 7.93. The highest BCUT2D eigenvalue weighted by Crippen LogP contribution is 2.37. The van der Waals surface area contributed by atoms with E-state index in [1.807, 2.05) is 11.9 Å². The van der Waals surface area contributed by atoms with Gasteiger partial charge < -0.3 is 24.6 Å². The van der Waals surface area contributed by atoms with Crippen LogP contribution in [0.3, 0.4) is 0 Å². The molecular weight excluding hydrogens is 551 g/mol. The summed E-state index contributed by atoms with van der Waals surface area (Å²) in [6.45, 7) is 10.3. The first-order valence-corrected chi connectivity index (χ1v) is 13.3. The Bertz CT molecular complexity index is 1340. The number of methoxy groups -OCH3 is 1. The minimum Gasteiger partial charge on any atom is -0.467 e. The van der Waals surface area contributed by atoms with E-state index < -0.39 is 17.9 Å². The predicted molar refractivity (Wildman–Crippen MR) is 141 cm³/mol. The van der Waals surface area contributed by atoms with E-state index >= 15 is 0 Å². The Kier molecular flexibility index (Phi) is 7.81. The van der Waals surface area contributed by atoms with Crippen molar-refractivity contribution in [1.82, 2.24) is 30.0 Å². The van der Waals surface area contributed by atoms with Gasteiger partial charge in [-0.25, -0.2) is 0 Å². The van der Waals surface area contributed by atoms with Crippen LogP contribution in [0.1, 0.15) is 33.9 Å². The second-order valence-electron chi connectivity index (χ2n) is 10.2. The van der Waals surface area contributed by atoms with Crippen molar-refractivity contribution in [2.75, 3.05) is 45.2 Å². The summed E-state index contributed by atoms with van der Waals surface area (Å²) in [4.78, 5) is 25.8. The molecule has 40 heavy (non-hydrogen) atoms. The van der Waals surface area contributed by atoms with E-state index in [1.165, 1.54) is 7.11 Å². The maximum absolute atomic E-state index is 13.2. The summed E-state index contributed by atoms with van der Waals surface area (Å²) in [6, 6.07) is 0.0864. The zero-order valence-corrected chi connectivity index (χ0v) is 23.1. The summed E-state index contributed by atoms with van der Waals surface area (Å²) in [6.07, 6.45) is -4.78. The van der Waals surface area contributed by atoms with Gasteiger partial charge in [0.2, 0.25) is 0 Å². The number of likely N-dealkylation sites (tertiary alicyclic amines) is 1. The van der Waals surface area contributed by atoms with E-state index in [2.05, 4.69) is 33.5 Å². The fourth-order valence-electron chi connectivity index (χ4n) is 5.29. The van der Waals surface area contributed by atoms with Crippen LogP contribution < -0.4 is 15.0 Å². The van der Waals surface area contributed by atoms with Gasteiger partial charge in [0.15, 0.2) is 5.69 Å². The number of carbonyl (C=O) groups is 1. The lowest BCUT2D eigenvalue weighted by Crippen LogP contribution is -2.53. The first-order valence-electron chi connectivity index (χ1n) is 13.0. The minimum absolute atomic E-state index is 0.0144. The van der Waals surface area contributed by atoms with Gasteiger partial charge in [-0.1, -0.05) is 24.8 Å². The molecule has 14 heteroatoms. The van der Waals surface area contributed by atoms with Crippen LogP contribution in [0.4, 0.5) is 19.0 Å². The lowest BCUT2D eigenvalue weighted by molar-refractivity contribution is -0.0917. The summed E-state index contributed by atoms with van der Waals surface area (Å²) >= 11 is 6.75. The molecule has 1 atom stereocenters.